The number of ether oxygens (including phenoxy) is 3. The number of rotatable bonds is 11. The van der Waals surface area contributed by atoms with Crippen molar-refractivity contribution in [1.82, 2.24) is 4.98 Å². The predicted octanol–water partition coefficient (Wildman–Crippen LogP) is 5.84. The molecule has 0 bridgehead atoms. The number of hydrogen-bond acceptors (Lipinski definition) is 5. The minimum atomic E-state index is -0.746. The Kier molecular flexibility index (Phi) is 7.75. The molecule has 0 unspecified atom stereocenters. The lowest BCUT2D eigenvalue weighted by atomic mass is 10.1. The van der Waals surface area contributed by atoms with E-state index in [-0.39, 0.29) is 0 Å². The van der Waals surface area contributed by atoms with Gasteiger partial charge in [0.05, 0.1) is 30.0 Å². The molecule has 3 aromatic rings. The third kappa shape index (κ3) is 6.59. The average Bonchev–Trinajstić information content (AvgIpc) is 2.73. The zero-order valence-corrected chi connectivity index (χ0v) is 19.0. The van der Waals surface area contributed by atoms with Crippen LogP contribution in [0.15, 0.2) is 48.5 Å². The van der Waals surface area contributed by atoms with E-state index in [1.54, 1.807) is 13.8 Å². The largest absolute Gasteiger partial charge is 0.493 e. The van der Waals surface area contributed by atoms with Crippen LogP contribution in [0.1, 0.15) is 51.3 Å². The summed E-state index contributed by atoms with van der Waals surface area (Å²) in [6.07, 6.45) is 2.66. The van der Waals surface area contributed by atoms with Crippen LogP contribution < -0.4 is 14.2 Å². The van der Waals surface area contributed by atoms with E-state index in [1.807, 2.05) is 49.4 Å². The maximum atomic E-state index is 9.83. The van der Waals surface area contributed by atoms with Crippen molar-refractivity contribution in [1.29, 1.82) is 0 Å². The Balaban J connectivity index is 1.73. The summed E-state index contributed by atoms with van der Waals surface area (Å²) in [4.78, 5) is 4.81. The van der Waals surface area contributed by atoms with Crippen LogP contribution in [0.4, 0.5) is 0 Å². The van der Waals surface area contributed by atoms with Gasteiger partial charge in [-0.1, -0.05) is 31.5 Å². The molecule has 31 heavy (non-hydrogen) atoms. The summed E-state index contributed by atoms with van der Waals surface area (Å²) in [5.74, 6) is 2.32. The summed E-state index contributed by atoms with van der Waals surface area (Å²) in [5.41, 5.74) is 2.03. The molecule has 0 aliphatic heterocycles. The monoisotopic (exact) mass is 423 g/mol. The van der Waals surface area contributed by atoms with Crippen LogP contribution in [0, 0.1) is 6.92 Å². The molecule has 0 saturated carbocycles. The van der Waals surface area contributed by atoms with Crippen LogP contribution >= 0.6 is 0 Å². The van der Waals surface area contributed by atoms with Crippen LogP contribution in [-0.2, 0) is 6.61 Å². The van der Waals surface area contributed by atoms with Crippen molar-refractivity contribution in [2.24, 2.45) is 0 Å². The topological polar surface area (TPSA) is 60.8 Å². The SMILES string of the molecule is CCCCOc1c(C)c(COc2cccc(OCCC(C)(C)O)c2)nc2ccccc12. The molecule has 0 fully saturated rings. The molecule has 1 heterocycles. The van der Waals surface area contributed by atoms with Gasteiger partial charge in [0, 0.05) is 23.4 Å². The summed E-state index contributed by atoms with van der Waals surface area (Å²) < 4.78 is 17.9. The minimum absolute atomic E-state index is 0.341. The Hall–Kier alpha value is -2.79. The molecule has 1 aromatic heterocycles. The number of unbranched alkanes of at least 4 members (excludes halogenated alkanes) is 1. The summed E-state index contributed by atoms with van der Waals surface area (Å²) in [7, 11) is 0. The van der Waals surface area contributed by atoms with Gasteiger partial charge in [-0.3, -0.25) is 0 Å². The van der Waals surface area contributed by atoms with E-state index < -0.39 is 5.60 Å². The van der Waals surface area contributed by atoms with E-state index in [2.05, 4.69) is 13.0 Å². The fraction of sp³-hybridized carbons (Fsp3) is 0.423. The Labute approximate surface area is 185 Å². The van der Waals surface area contributed by atoms with Gasteiger partial charge in [-0.2, -0.15) is 0 Å². The molecular weight excluding hydrogens is 390 g/mol. The molecule has 0 aliphatic rings. The van der Waals surface area contributed by atoms with Gasteiger partial charge in [0.15, 0.2) is 0 Å². The predicted molar refractivity (Wildman–Crippen MR) is 124 cm³/mol. The van der Waals surface area contributed by atoms with Crippen molar-refractivity contribution in [3.05, 3.63) is 59.8 Å². The first-order chi connectivity index (χ1) is 14.9. The van der Waals surface area contributed by atoms with Gasteiger partial charge in [-0.25, -0.2) is 4.98 Å². The van der Waals surface area contributed by atoms with Crippen LogP contribution in [-0.4, -0.2) is 28.9 Å². The third-order valence-electron chi connectivity index (χ3n) is 5.09. The highest BCUT2D eigenvalue weighted by molar-refractivity contribution is 5.86. The van der Waals surface area contributed by atoms with E-state index in [1.165, 1.54) is 0 Å². The number of aliphatic hydroxyl groups is 1. The smallest absolute Gasteiger partial charge is 0.133 e. The maximum Gasteiger partial charge on any atom is 0.133 e. The number of nitrogens with zero attached hydrogens (tertiary/aromatic N) is 1. The Morgan fingerprint density at radius 2 is 1.68 bits per heavy atom. The molecule has 166 valence electrons. The van der Waals surface area contributed by atoms with Crippen molar-refractivity contribution < 1.29 is 19.3 Å². The summed E-state index contributed by atoms with van der Waals surface area (Å²) >= 11 is 0. The number of hydrogen-bond donors (Lipinski definition) is 1. The molecule has 0 radical (unpaired) electrons. The number of benzene rings is 2. The zero-order valence-electron chi connectivity index (χ0n) is 19.0. The Bertz CT molecular complexity index is 994. The lowest BCUT2D eigenvalue weighted by molar-refractivity contribution is 0.0553. The van der Waals surface area contributed by atoms with Crippen molar-refractivity contribution in [2.75, 3.05) is 13.2 Å². The zero-order chi connectivity index (χ0) is 22.3. The quantitative estimate of drug-likeness (QED) is 0.393. The lowest BCUT2D eigenvalue weighted by Crippen LogP contribution is -2.21. The maximum absolute atomic E-state index is 9.83. The number of fused-ring (bicyclic) bond motifs is 1. The first kappa shape index (κ1) is 22.9. The molecule has 1 N–H and O–H groups in total. The first-order valence-electron chi connectivity index (χ1n) is 11.0. The second kappa shape index (κ2) is 10.5. The normalized spacial score (nSPS) is 11.5. The standard InChI is InChI=1S/C26H33NO4/c1-5-6-15-30-25-19(2)24(27-23-13-8-7-12-22(23)25)18-31-21-11-9-10-20(17-21)29-16-14-26(3,4)28/h7-13,17,28H,5-6,14-16,18H2,1-4H3. The number of aromatic nitrogens is 1. The highest BCUT2D eigenvalue weighted by Crippen LogP contribution is 2.31. The highest BCUT2D eigenvalue weighted by atomic mass is 16.5. The summed E-state index contributed by atoms with van der Waals surface area (Å²) in [5, 5.41) is 10.9. The van der Waals surface area contributed by atoms with Gasteiger partial charge >= 0.3 is 0 Å². The second-order valence-electron chi connectivity index (χ2n) is 8.41. The van der Waals surface area contributed by atoms with Gasteiger partial charge in [0.1, 0.15) is 23.9 Å². The van der Waals surface area contributed by atoms with Crippen molar-refractivity contribution in [2.45, 2.75) is 59.2 Å². The molecule has 0 atom stereocenters. The second-order valence-corrected chi connectivity index (χ2v) is 8.41. The first-order valence-corrected chi connectivity index (χ1v) is 11.0. The molecule has 5 heteroatoms. The molecule has 3 rings (SSSR count). The third-order valence-corrected chi connectivity index (χ3v) is 5.09. The van der Waals surface area contributed by atoms with Crippen molar-refractivity contribution in [3.8, 4) is 17.2 Å². The summed E-state index contributed by atoms with van der Waals surface area (Å²) in [6, 6.07) is 15.6. The number of para-hydroxylation sites is 1. The summed E-state index contributed by atoms with van der Waals surface area (Å²) in [6.45, 7) is 9.21. The van der Waals surface area contributed by atoms with Gasteiger partial charge in [0.2, 0.25) is 0 Å². The van der Waals surface area contributed by atoms with Crippen LogP contribution in [0.25, 0.3) is 10.9 Å². The molecular formula is C26H33NO4. The van der Waals surface area contributed by atoms with Gasteiger partial charge in [-0.05, 0) is 51.5 Å². The van der Waals surface area contributed by atoms with E-state index in [0.29, 0.717) is 37.7 Å². The Morgan fingerprint density at radius 1 is 0.935 bits per heavy atom. The van der Waals surface area contributed by atoms with Crippen LogP contribution in [0.5, 0.6) is 17.2 Å². The number of pyridine rings is 1. The van der Waals surface area contributed by atoms with E-state index in [4.69, 9.17) is 19.2 Å². The molecule has 2 aromatic carbocycles. The van der Waals surface area contributed by atoms with E-state index >= 15 is 0 Å². The average molecular weight is 424 g/mol. The van der Waals surface area contributed by atoms with E-state index in [9.17, 15) is 5.11 Å². The molecule has 0 aliphatic carbocycles. The molecule has 0 amide bonds. The minimum Gasteiger partial charge on any atom is -0.493 e. The molecule has 0 saturated heterocycles. The molecule has 5 nitrogen and oxygen atoms in total. The van der Waals surface area contributed by atoms with Gasteiger partial charge in [0.25, 0.3) is 0 Å². The van der Waals surface area contributed by atoms with Gasteiger partial charge < -0.3 is 19.3 Å². The highest BCUT2D eigenvalue weighted by Gasteiger charge is 2.14. The van der Waals surface area contributed by atoms with Crippen molar-refractivity contribution in [3.63, 3.8) is 0 Å². The fourth-order valence-corrected chi connectivity index (χ4v) is 3.19. The molecule has 0 spiro atoms. The Morgan fingerprint density at radius 3 is 2.42 bits per heavy atom. The van der Waals surface area contributed by atoms with E-state index in [0.717, 1.165) is 40.8 Å². The fourth-order valence-electron chi connectivity index (χ4n) is 3.19. The lowest BCUT2D eigenvalue weighted by Gasteiger charge is -2.17. The van der Waals surface area contributed by atoms with Crippen molar-refractivity contribution >= 4 is 10.9 Å². The van der Waals surface area contributed by atoms with Gasteiger partial charge in [-0.15, -0.1) is 0 Å². The van der Waals surface area contributed by atoms with Crippen LogP contribution in [0.3, 0.4) is 0 Å². The van der Waals surface area contributed by atoms with Crippen LogP contribution in [0.2, 0.25) is 0 Å².